The van der Waals surface area contributed by atoms with Gasteiger partial charge in [0.2, 0.25) is 0 Å². The number of rotatable bonds is 5. The first-order valence-corrected chi connectivity index (χ1v) is 7.67. The minimum atomic E-state index is -5.02. The van der Waals surface area contributed by atoms with E-state index in [1.807, 2.05) is 0 Å². The number of nitro benzene ring substituents is 1. The number of halogens is 3. The summed E-state index contributed by atoms with van der Waals surface area (Å²) in [6, 6.07) is 1.21. The number of nitro groups is 1. The van der Waals surface area contributed by atoms with Crippen molar-refractivity contribution in [3.8, 4) is 5.75 Å². The number of hydrogen-bond donors (Lipinski definition) is 1. The van der Waals surface area contributed by atoms with E-state index in [9.17, 15) is 32.9 Å². The van der Waals surface area contributed by atoms with Crippen molar-refractivity contribution in [3.63, 3.8) is 0 Å². The van der Waals surface area contributed by atoms with Crippen LogP contribution in [0.3, 0.4) is 0 Å². The van der Waals surface area contributed by atoms with Crippen LogP contribution in [-0.2, 0) is 27.3 Å². The van der Waals surface area contributed by atoms with Crippen LogP contribution in [-0.4, -0.2) is 54.2 Å². The molecule has 9 nitrogen and oxygen atoms in total. The monoisotopic (exact) mass is 391 g/mol. The standard InChI is InChI=1S/C15H16F3N3O6/c1-26-13(22)10(19)7-27-12-5-8-2-3-20(14(23)15(16,17)18)6-9(8)4-11(12)21(24)25/h4-5,10H,2-3,6-7,19H2,1H3/t10-/m0/s1. The number of nitrogens with two attached hydrogens (primary N) is 1. The summed E-state index contributed by atoms with van der Waals surface area (Å²) in [5.41, 5.74) is 5.73. The molecule has 0 saturated carbocycles. The van der Waals surface area contributed by atoms with Crippen LogP contribution in [0, 0.1) is 10.1 Å². The van der Waals surface area contributed by atoms with Crippen LogP contribution in [0.15, 0.2) is 12.1 Å². The maximum Gasteiger partial charge on any atom is 0.471 e. The summed E-state index contributed by atoms with van der Waals surface area (Å²) >= 11 is 0. The molecule has 2 rings (SSSR count). The van der Waals surface area contributed by atoms with E-state index in [-0.39, 0.29) is 30.9 Å². The lowest BCUT2D eigenvalue weighted by molar-refractivity contribution is -0.386. The van der Waals surface area contributed by atoms with Gasteiger partial charge in [0, 0.05) is 19.2 Å². The van der Waals surface area contributed by atoms with Crippen molar-refractivity contribution in [2.75, 3.05) is 20.3 Å². The average Bonchev–Trinajstić information content (AvgIpc) is 2.62. The van der Waals surface area contributed by atoms with E-state index in [0.29, 0.717) is 10.5 Å². The van der Waals surface area contributed by atoms with Crippen LogP contribution >= 0.6 is 0 Å². The minimum Gasteiger partial charge on any atom is -0.485 e. The topological polar surface area (TPSA) is 125 Å². The molecular weight excluding hydrogens is 375 g/mol. The Bertz CT molecular complexity index is 768. The molecule has 0 saturated heterocycles. The third kappa shape index (κ3) is 4.64. The Balaban J connectivity index is 2.25. The van der Waals surface area contributed by atoms with E-state index < -0.39 is 41.3 Å². The van der Waals surface area contributed by atoms with Crippen molar-refractivity contribution in [1.29, 1.82) is 0 Å². The first-order chi connectivity index (χ1) is 12.5. The van der Waals surface area contributed by atoms with Crippen LogP contribution < -0.4 is 10.5 Å². The molecule has 0 aromatic heterocycles. The van der Waals surface area contributed by atoms with Gasteiger partial charge in [-0.3, -0.25) is 19.7 Å². The predicted octanol–water partition coefficient (Wildman–Crippen LogP) is 0.921. The third-order valence-corrected chi connectivity index (χ3v) is 3.94. The Morgan fingerprint density at radius 1 is 1.37 bits per heavy atom. The summed E-state index contributed by atoms with van der Waals surface area (Å²) < 4.78 is 47.4. The molecule has 1 aromatic rings. The summed E-state index contributed by atoms with van der Waals surface area (Å²) in [6.45, 7) is -0.980. The second kappa shape index (κ2) is 7.78. The number of amides is 1. The van der Waals surface area contributed by atoms with E-state index in [0.717, 1.165) is 13.2 Å². The highest BCUT2D eigenvalue weighted by atomic mass is 19.4. The van der Waals surface area contributed by atoms with Crippen molar-refractivity contribution in [1.82, 2.24) is 4.90 Å². The van der Waals surface area contributed by atoms with Gasteiger partial charge < -0.3 is 20.1 Å². The normalized spacial score (nSPS) is 14.9. The molecule has 12 heteroatoms. The van der Waals surface area contributed by atoms with Gasteiger partial charge in [0.15, 0.2) is 5.75 Å². The second-order valence-electron chi connectivity index (χ2n) is 5.76. The summed E-state index contributed by atoms with van der Waals surface area (Å²) in [5, 5.41) is 11.3. The molecule has 148 valence electrons. The lowest BCUT2D eigenvalue weighted by Crippen LogP contribution is -2.43. The van der Waals surface area contributed by atoms with Crippen LogP contribution in [0.4, 0.5) is 18.9 Å². The Hall–Kier alpha value is -2.89. The molecule has 1 aliphatic heterocycles. The number of carbonyl (C=O) groups is 2. The van der Waals surface area contributed by atoms with Gasteiger partial charge in [0.25, 0.3) is 0 Å². The van der Waals surface area contributed by atoms with Crippen molar-refractivity contribution < 1.29 is 37.2 Å². The van der Waals surface area contributed by atoms with Crippen molar-refractivity contribution in [2.45, 2.75) is 25.2 Å². The van der Waals surface area contributed by atoms with Crippen molar-refractivity contribution in [2.24, 2.45) is 5.73 Å². The molecule has 0 fully saturated rings. The molecule has 2 N–H and O–H groups in total. The fraction of sp³-hybridized carbons (Fsp3) is 0.467. The number of ether oxygens (including phenoxy) is 2. The molecule has 0 bridgehead atoms. The SMILES string of the molecule is COC(=O)[C@@H](N)COc1cc2c(cc1[N+](=O)[O-])CN(C(=O)C(F)(F)F)CC2. The van der Waals surface area contributed by atoms with Crippen LogP contribution in [0.5, 0.6) is 5.75 Å². The first kappa shape index (κ1) is 20.4. The smallest absolute Gasteiger partial charge is 0.471 e. The van der Waals surface area contributed by atoms with Crippen LogP contribution in [0.25, 0.3) is 0 Å². The largest absolute Gasteiger partial charge is 0.485 e. The molecule has 0 radical (unpaired) electrons. The Kier molecular flexibility index (Phi) is 5.88. The van der Waals surface area contributed by atoms with E-state index in [4.69, 9.17) is 10.5 Å². The van der Waals surface area contributed by atoms with Gasteiger partial charge >= 0.3 is 23.7 Å². The highest BCUT2D eigenvalue weighted by Gasteiger charge is 2.43. The Labute approximate surface area is 151 Å². The molecule has 27 heavy (non-hydrogen) atoms. The minimum absolute atomic E-state index is 0.0641. The number of nitrogens with zero attached hydrogens (tertiary/aromatic N) is 2. The summed E-state index contributed by atoms with van der Waals surface area (Å²) in [6.07, 6.45) is -4.95. The lowest BCUT2D eigenvalue weighted by Gasteiger charge is -2.29. The number of methoxy groups -OCH3 is 1. The summed E-state index contributed by atoms with van der Waals surface area (Å²) in [5.74, 6) is -2.94. The van der Waals surface area contributed by atoms with E-state index >= 15 is 0 Å². The fourth-order valence-corrected chi connectivity index (χ4v) is 2.58. The zero-order valence-corrected chi connectivity index (χ0v) is 14.1. The zero-order chi connectivity index (χ0) is 20.4. The molecule has 1 aliphatic rings. The highest BCUT2D eigenvalue weighted by Crippen LogP contribution is 2.34. The number of carbonyl (C=O) groups excluding carboxylic acids is 2. The van der Waals surface area contributed by atoms with Gasteiger partial charge in [-0.1, -0.05) is 0 Å². The molecular formula is C15H16F3N3O6. The fourth-order valence-electron chi connectivity index (χ4n) is 2.58. The van der Waals surface area contributed by atoms with Gasteiger partial charge in [-0.25, -0.2) is 0 Å². The predicted molar refractivity (Wildman–Crippen MR) is 83.8 cm³/mol. The maximum absolute atomic E-state index is 12.6. The zero-order valence-electron chi connectivity index (χ0n) is 14.1. The molecule has 0 aliphatic carbocycles. The number of fused-ring (bicyclic) bond motifs is 1. The molecule has 1 atom stereocenters. The van der Waals surface area contributed by atoms with Gasteiger partial charge in [0.05, 0.1) is 12.0 Å². The summed E-state index contributed by atoms with van der Waals surface area (Å²) in [4.78, 5) is 33.7. The second-order valence-corrected chi connectivity index (χ2v) is 5.76. The Morgan fingerprint density at radius 2 is 2.04 bits per heavy atom. The van der Waals surface area contributed by atoms with Crippen LogP contribution in [0.2, 0.25) is 0 Å². The molecule has 1 heterocycles. The molecule has 1 amide bonds. The van der Waals surface area contributed by atoms with Crippen molar-refractivity contribution >= 4 is 17.6 Å². The first-order valence-electron chi connectivity index (χ1n) is 7.67. The highest BCUT2D eigenvalue weighted by molar-refractivity contribution is 5.82. The molecule has 1 aromatic carbocycles. The number of hydrogen-bond acceptors (Lipinski definition) is 7. The van der Waals surface area contributed by atoms with Gasteiger partial charge in [-0.05, 0) is 23.6 Å². The number of esters is 1. The van der Waals surface area contributed by atoms with Gasteiger partial charge in [0.1, 0.15) is 12.6 Å². The van der Waals surface area contributed by atoms with E-state index in [2.05, 4.69) is 4.74 Å². The van der Waals surface area contributed by atoms with Gasteiger partial charge in [-0.2, -0.15) is 13.2 Å². The van der Waals surface area contributed by atoms with Gasteiger partial charge in [-0.15, -0.1) is 0 Å². The quantitative estimate of drug-likeness (QED) is 0.449. The van der Waals surface area contributed by atoms with Crippen molar-refractivity contribution in [3.05, 3.63) is 33.4 Å². The third-order valence-electron chi connectivity index (χ3n) is 3.94. The number of benzene rings is 1. The average molecular weight is 391 g/mol. The summed E-state index contributed by atoms with van der Waals surface area (Å²) in [7, 11) is 1.12. The Morgan fingerprint density at radius 3 is 2.59 bits per heavy atom. The van der Waals surface area contributed by atoms with E-state index in [1.54, 1.807) is 0 Å². The maximum atomic E-state index is 12.6. The van der Waals surface area contributed by atoms with E-state index in [1.165, 1.54) is 6.07 Å². The molecule has 0 spiro atoms. The number of alkyl halides is 3. The van der Waals surface area contributed by atoms with Crippen LogP contribution in [0.1, 0.15) is 11.1 Å². The molecule has 0 unspecified atom stereocenters. The lowest BCUT2D eigenvalue weighted by atomic mass is 9.98.